The normalized spacial score (nSPS) is 11.8. The van der Waals surface area contributed by atoms with Crippen LogP contribution < -0.4 is 0 Å². The predicted molar refractivity (Wildman–Crippen MR) is 75.4 cm³/mol. The summed E-state index contributed by atoms with van der Waals surface area (Å²) in [5.74, 6) is 0. The van der Waals surface area contributed by atoms with E-state index in [9.17, 15) is 0 Å². The first-order valence-electron chi connectivity index (χ1n) is 7.05. The van der Waals surface area contributed by atoms with Crippen LogP contribution in [0.15, 0.2) is 18.3 Å². The lowest BCUT2D eigenvalue weighted by atomic mass is 9.74. The van der Waals surface area contributed by atoms with Gasteiger partial charge in [0, 0.05) is 11.9 Å². The average Bonchev–Trinajstić information content (AvgIpc) is 2.34. The van der Waals surface area contributed by atoms with Gasteiger partial charge in [-0.1, -0.05) is 46.5 Å². The minimum Gasteiger partial charge on any atom is -0.262 e. The monoisotopic (exact) mass is 233 g/mol. The van der Waals surface area contributed by atoms with Gasteiger partial charge in [-0.05, 0) is 42.9 Å². The Kier molecular flexibility index (Phi) is 5.67. The van der Waals surface area contributed by atoms with E-state index in [2.05, 4.69) is 44.8 Å². The van der Waals surface area contributed by atoms with Crippen LogP contribution in [0.4, 0.5) is 0 Å². The maximum Gasteiger partial charge on any atom is 0.0375 e. The van der Waals surface area contributed by atoms with Gasteiger partial charge in [-0.25, -0.2) is 0 Å². The number of hydrogen-bond acceptors (Lipinski definition) is 1. The summed E-state index contributed by atoms with van der Waals surface area (Å²) in [6.07, 6.45) is 9.77. The van der Waals surface area contributed by atoms with Crippen LogP contribution >= 0.6 is 0 Å². The van der Waals surface area contributed by atoms with Gasteiger partial charge >= 0.3 is 0 Å². The highest BCUT2D eigenvalue weighted by molar-refractivity contribution is 5.24. The highest BCUT2D eigenvalue weighted by Crippen LogP contribution is 2.34. The van der Waals surface area contributed by atoms with Gasteiger partial charge in [-0.2, -0.15) is 0 Å². The summed E-state index contributed by atoms with van der Waals surface area (Å²) in [4.78, 5) is 4.31. The Bertz CT molecular complexity index is 322. The summed E-state index contributed by atoms with van der Waals surface area (Å²) >= 11 is 0. The molecule has 0 bridgehead atoms. The molecule has 1 aromatic rings. The van der Waals surface area contributed by atoms with Crippen molar-refractivity contribution in [3.8, 4) is 0 Å². The molecule has 0 spiro atoms. The number of nitrogens with zero attached hydrogens (tertiary/aromatic N) is 1. The Morgan fingerprint density at radius 3 is 2.18 bits per heavy atom. The van der Waals surface area contributed by atoms with Crippen molar-refractivity contribution in [2.45, 2.75) is 71.6 Å². The van der Waals surface area contributed by atoms with Gasteiger partial charge in [-0.15, -0.1) is 0 Å². The van der Waals surface area contributed by atoms with E-state index in [-0.39, 0.29) is 0 Å². The second-order valence-corrected chi connectivity index (χ2v) is 5.45. The molecule has 0 fully saturated rings. The standard InChI is InChI=1S/C16H27N/c1-5-7-10-16(4,11-8-6-2)15-9-12-17-14(3)13-15/h9,12-13H,5-8,10-11H2,1-4H3. The van der Waals surface area contributed by atoms with Crippen LogP contribution in [-0.4, -0.2) is 4.98 Å². The molecule has 0 radical (unpaired) electrons. The minimum atomic E-state index is 0.347. The average molecular weight is 233 g/mol. The van der Waals surface area contributed by atoms with E-state index < -0.39 is 0 Å². The Hall–Kier alpha value is -0.850. The molecule has 0 N–H and O–H groups in total. The van der Waals surface area contributed by atoms with Gasteiger partial charge < -0.3 is 0 Å². The minimum absolute atomic E-state index is 0.347. The Balaban J connectivity index is 2.87. The molecular weight excluding hydrogens is 206 g/mol. The summed E-state index contributed by atoms with van der Waals surface area (Å²) in [5, 5.41) is 0. The van der Waals surface area contributed by atoms with E-state index in [1.807, 2.05) is 6.20 Å². The number of rotatable bonds is 7. The number of unbranched alkanes of at least 4 members (excludes halogenated alkanes) is 2. The van der Waals surface area contributed by atoms with Crippen molar-refractivity contribution in [2.24, 2.45) is 0 Å². The summed E-state index contributed by atoms with van der Waals surface area (Å²) < 4.78 is 0. The molecule has 0 aliphatic rings. The molecule has 0 amide bonds. The fraction of sp³-hybridized carbons (Fsp3) is 0.688. The van der Waals surface area contributed by atoms with Crippen LogP contribution in [-0.2, 0) is 5.41 Å². The van der Waals surface area contributed by atoms with E-state index >= 15 is 0 Å². The molecule has 0 saturated heterocycles. The first-order chi connectivity index (χ1) is 8.12. The van der Waals surface area contributed by atoms with Crippen LogP contribution in [0.5, 0.6) is 0 Å². The number of pyridine rings is 1. The molecule has 0 aliphatic heterocycles. The highest BCUT2D eigenvalue weighted by atomic mass is 14.6. The van der Waals surface area contributed by atoms with E-state index in [4.69, 9.17) is 0 Å². The van der Waals surface area contributed by atoms with Gasteiger partial charge in [0.25, 0.3) is 0 Å². The Morgan fingerprint density at radius 2 is 1.71 bits per heavy atom. The third kappa shape index (κ3) is 4.14. The molecule has 1 aromatic heterocycles. The quantitative estimate of drug-likeness (QED) is 0.644. The van der Waals surface area contributed by atoms with Crippen molar-refractivity contribution in [1.82, 2.24) is 4.98 Å². The number of hydrogen-bond donors (Lipinski definition) is 0. The summed E-state index contributed by atoms with van der Waals surface area (Å²) in [7, 11) is 0. The van der Waals surface area contributed by atoms with E-state index in [0.717, 1.165) is 5.69 Å². The topological polar surface area (TPSA) is 12.9 Å². The highest BCUT2D eigenvalue weighted by Gasteiger charge is 2.25. The van der Waals surface area contributed by atoms with Gasteiger partial charge in [0.15, 0.2) is 0 Å². The van der Waals surface area contributed by atoms with Gasteiger partial charge in [-0.3, -0.25) is 4.98 Å². The van der Waals surface area contributed by atoms with Gasteiger partial charge in [0.1, 0.15) is 0 Å². The molecule has 0 atom stereocenters. The zero-order valence-corrected chi connectivity index (χ0v) is 11.9. The van der Waals surface area contributed by atoms with Gasteiger partial charge in [0.2, 0.25) is 0 Å². The van der Waals surface area contributed by atoms with Gasteiger partial charge in [0.05, 0.1) is 0 Å². The Labute approximate surface area is 107 Å². The molecule has 0 unspecified atom stereocenters. The molecule has 0 aromatic carbocycles. The maximum absolute atomic E-state index is 4.31. The summed E-state index contributed by atoms with van der Waals surface area (Å²) in [5.41, 5.74) is 2.97. The Morgan fingerprint density at radius 1 is 1.12 bits per heavy atom. The first kappa shape index (κ1) is 14.2. The second kappa shape index (κ2) is 6.78. The zero-order chi connectivity index (χ0) is 12.7. The molecule has 0 saturated carbocycles. The largest absolute Gasteiger partial charge is 0.262 e. The number of aromatic nitrogens is 1. The third-order valence-electron chi connectivity index (χ3n) is 3.76. The molecule has 0 aliphatic carbocycles. The molecule has 1 rings (SSSR count). The van der Waals surface area contributed by atoms with Crippen LogP contribution in [0.1, 0.15) is 70.6 Å². The maximum atomic E-state index is 4.31. The van der Waals surface area contributed by atoms with Crippen LogP contribution in [0.25, 0.3) is 0 Å². The summed E-state index contributed by atoms with van der Waals surface area (Å²) in [6.45, 7) is 9.06. The zero-order valence-electron chi connectivity index (χ0n) is 11.9. The lowest BCUT2D eigenvalue weighted by Crippen LogP contribution is -2.22. The van der Waals surface area contributed by atoms with Crippen LogP contribution in [0.3, 0.4) is 0 Å². The van der Waals surface area contributed by atoms with E-state index in [1.54, 1.807) is 0 Å². The smallest absolute Gasteiger partial charge is 0.0375 e. The molecule has 17 heavy (non-hydrogen) atoms. The lowest BCUT2D eigenvalue weighted by molar-refractivity contribution is 0.374. The van der Waals surface area contributed by atoms with Crippen molar-refractivity contribution in [3.63, 3.8) is 0 Å². The van der Waals surface area contributed by atoms with Crippen molar-refractivity contribution in [3.05, 3.63) is 29.6 Å². The SMILES string of the molecule is CCCCC(C)(CCCC)c1ccnc(C)c1. The van der Waals surface area contributed by atoms with E-state index in [0.29, 0.717) is 5.41 Å². The fourth-order valence-corrected chi connectivity index (χ4v) is 2.47. The third-order valence-corrected chi connectivity index (χ3v) is 3.76. The van der Waals surface area contributed by atoms with Crippen molar-refractivity contribution < 1.29 is 0 Å². The first-order valence-corrected chi connectivity index (χ1v) is 7.05. The molecule has 1 nitrogen and oxygen atoms in total. The fourth-order valence-electron chi connectivity index (χ4n) is 2.47. The molecular formula is C16H27N. The molecule has 1 heteroatoms. The summed E-state index contributed by atoms with van der Waals surface area (Å²) in [6, 6.07) is 4.48. The van der Waals surface area contributed by atoms with E-state index in [1.165, 1.54) is 44.1 Å². The van der Waals surface area contributed by atoms with Crippen molar-refractivity contribution in [1.29, 1.82) is 0 Å². The molecule has 96 valence electrons. The number of aryl methyl sites for hydroxylation is 1. The molecule has 1 heterocycles. The lowest BCUT2D eigenvalue weighted by Gasteiger charge is -2.30. The van der Waals surface area contributed by atoms with Crippen LogP contribution in [0, 0.1) is 6.92 Å². The second-order valence-electron chi connectivity index (χ2n) is 5.45. The predicted octanol–water partition coefficient (Wildman–Crippen LogP) is 5.03. The van der Waals surface area contributed by atoms with Crippen LogP contribution in [0.2, 0.25) is 0 Å². The van der Waals surface area contributed by atoms with Crippen molar-refractivity contribution in [2.75, 3.05) is 0 Å². The van der Waals surface area contributed by atoms with Crippen molar-refractivity contribution >= 4 is 0 Å².